The van der Waals surface area contributed by atoms with Gasteiger partial charge in [0.05, 0.1) is 11.9 Å². The molecule has 0 unspecified atom stereocenters. The third-order valence-corrected chi connectivity index (χ3v) is 4.80. The van der Waals surface area contributed by atoms with E-state index in [0.717, 1.165) is 48.4 Å². The fourth-order valence-corrected chi connectivity index (χ4v) is 3.37. The molecular formula is C18H21N5O. The predicted molar refractivity (Wildman–Crippen MR) is 92.7 cm³/mol. The molecule has 24 heavy (non-hydrogen) atoms. The highest BCUT2D eigenvalue weighted by Crippen LogP contribution is 2.26. The lowest BCUT2D eigenvalue weighted by Crippen LogP contribution is -2.27. The van der Waals surface area contributed by atoms with Crippen molar-refractivity contribution in [2.24, 2.45) is 5.92 Å². The van der Waals surface area contributed by atoms with Crippen LogP contribution >= 0.6 is 0 Å². The maximum absolute atomic E-state index is 9.25. The predicted octanol–water partition coefficient (Wildman–Crippen LogP) is 2.75. The summed E-state index contributed by atoms with van der Waals surface area (Å²) in [5.41, 5.74) is 2.84. The van der Waals surface area contributed by atoms with Gasteiger partial charge in [0.25, 0.3) is 0 Å². The van der Waals surface area contributed by atoms with Crippen molar-refractivity contribution in [2.45, 2.75) is 31.7 Å². The Kier molecular flexibility index (Phi) is 4.13. The highest BCUT2D eigenvalue weighted by atomic mass is 16.3. The van der Waals surface area contributed by atoms with Crippen LogP contribution in [0, 0.1) is 5.92 Å². The minimum atomic E-state index is 0.307. The molecule has 1 aliphatic rings. The molecule has 124 valence electrons. The number of rotatable bonds is 4. The number of nitrogens with one attached hydrogen (secondary N) is 1. The number of aromatic nitrogens is 4. The van der Waals surface area contributed by atoms with E-state index in [1.54, 1.807) is 12.4 Å². The third kappa shape index (κ3) is 2.97. The Balaban J connectivity index is 1.57. The molecule has 4 rings (SSSR count). The van der Waals surface area contributed by atoms with Crippen molar-refractivity contribution < 1.29 is 5.11 Å². The fraction of sp³-hybridized carbons (Fsp3) is 0.389. The summed E-state index contributed by atoms with van der Waals surface area (Å²) in [6, 6.07) is 8.31. The van der Waals surface area contributed by atoms with Gasteiger partial charge >= 0.3 is 0 Å². The Labute approximate surface area is 140 Å². The van der Waals surface area contributed by atoms with Gasteiger partial charge in [-0.25, -0.2) is 9.50 Å². The number of hydrogen-bond donors (Lipinski definition) is 2. The average molecular weight is 323 g/mol. The van der Waals surface area contributed by atoms with Gasteiger partial charge in [-0.1, -0.05) is 0 Å². The summed E-state index contributed by atoms with van der Waals surface area (Å²) >= 11 is 0. The summed E-state index contributed by atoms with van der Waals surface area (Å²) in [4.78, 5) is 8.49. The quantitative estimate of drug-likeness (QED) is 0.772. The van der Waals surface area contributed by atoms with Gasteiger partial charge in [-0.05, 0) is 55.9 Å². The van der Waals surface area contributed by atoms with E-state index < -0.39 is 0 Å². The molecule has 0 bridgehead atoms. The molecular weight excluding hydrogens is 302 g/mol. The minimum absolute atomic E-state index is 0.307. The number of hydrogen-bond acceptors (Lipinski definition) is 5. The Morgan fingerprint density at radius 2 is 1.88 bits per heavy atom. The summed E-state index contributed by atoms with van der Waals surface area (Å²) in [5, 5.41) is 17.5. The number of aliphatic hydroxyl groups is 1. The van der Waals surface area contributed by atoms with E-state index in [1.165, 1.54) is 0 Å². The van der Waals surface area contributed by atoms with Crippen molar-refractivity contribution >= 4 is 11.5 Å². The third-order valence-electron chi connectivity index (χ3n) is 4.80. The minimum Gasteiger partial charge on any atom is -0.396 e. The molecule has 3 aromatic heterocycles. The van der Waals surface area contributed by atoms with Crippen molar-refractivity contribution in [1.82, 2.24) is 19.6 Å². The number of aliphatic hydroxyl groups excluding tert-OH is 1. The molecule has 3 aromatic rings. The van der Waals surface area contributed by atoms with Gasteiger partial charge < -0.3 is 10.4 Å². The van der Waals surface area contributed by atoms with Crippen LogP contribution in [-0.4, -0.2) is 37.3 Å². The van der Waals surface area contributed by atoms with E-state index in [2.05, 4.69) is 15.3 Å². The topological polar surface area (TPSA) is 75.3 Å². The van der Waals surface area contributed by atoms with E-state index in [1.807, 2.05) is 35.0 Å². The molecule has 0 saturated heterocycles. The van der Waals surface area contributed by atoms with Gasteiger partial charge in [-0.3, -0.25) is 4.98 Å². The Morgan fingerprint density at radius 3 is 2.62 bits per heavy atom. The highest BCUT2D eigenvalue weighted by Gasteiger charge is 2.20. The van der Waals surface area contributed by atoms with Crippen LogP contribution in [0.1, 0.15) is 25.7 Å². The van der Waals surface area contributed by atoms with Crippen molar-refractivity contribution in [3.05, 3.63) is 42.9 Å². The molecule has 3 heterocycles. The summed E-state index contributed by atoms with van der Waals surface area (Å²) in [7, 11) is 0. The number of imidazole rings is 1. The van der Waals surface area contributed by atoms with E-state index in [4.69, 9.17) is 5.10 Å². The molecule has 0 spiro atoms. The van der Waals surface area contributed by atoms with Crippen LogP contribution in [0.25, 0.3) is 16.9 Å². The van der Waals surface area contributed by atoms with Crippen molar-refractivity contribution in [2.75, 3.05) is 11.9 Å². The molecule has 6 heteroatoms. The van der Waals surface area contributed by atoms with Crippen LogP contribution < -0.4 is 5.32 Å². The summed E-state index contributed by atoms with van der Waals surface area (Å²) in [6.45, 7) is 0.307. The van der Waals surface area contributed by atoms with Gasteiger partial charge in [0.15, 0.2) is 5.65 Å². The molecule has 0 aromatic carbocycles. The molecule has 0 radical (unpaired) electrons. The maximum Gasteiger partial charge on any atom is 0.154 e. The second-order valence-corrected chi connectivity index (χ2v) is 6.41. The number of fused-ring (bicyclic) bond motifs is 1. The Hall–Kier alpha value is -2.47. The van der Waals surface area contributed by atoms with E-state index >= 15 is 0 Å². The molecule has 0 aliphatic heterocycles. The normalized spacial score (nSPS) is 21.0. The molecule has 6 nitrogen and oxygen atoms in total. The van der Waals surface area contributed by atoms with Crippen molar-refractivity contribution in [1.29, 1.82) is 0 Å². The number of nitrogens with zero attached hydrogens (tertiary/aromatic N) is 4. The van der Waals surface area contributed by atoms with Gasteiger partial charge in [-0.15, -0.1) is 5.10 Å². The molecule has 2 N–H and O–H groups in total. The second kappa shape index (κ2) is 6.57. The van der Waals surface area contributed by atoms with Crippen LogP contribution in [-0.2, 0) is 0 Å². The smallest absolute Gasteiger partial charge is 0.154 e. The molecule has 1 aliphatic carbocycles. The first-order chi connectivity index (χ1) is 11.8. The lowest BCUT2D eigenvalue weighted by Gasteiger charge is -2.28. The van der Waals surface area contributed by atoms with E-state index in [9.17, 15) is 5.11 Å². The molecule has 1 fully saturated rings. The van der Waals surface area contributed by atoms with Crippen LogP contribution in [0.15, 0.2) is 42.9 Å². The largest absolute Gasteiger partial charge is 0.396 e. The standard InChI is InChI=1S/C18H21N5O/c24-12-13-1-3-15(4-2-13)21-17-5-6-18-20-11-16(23(18)22-17)14-7-9-19-10-8-14/h5-11,13,15,24H,1-4,12H2,(H,21,22)/t13-,15-. The van der Waals surface area contributed by atoms with Crippen molar-refractivity contribution in [3.63, 3.8) is 0 Å². The lowest BCUT2D eigenvalue weighted by atomic mass is 9.86. The maximum atomic E-state index is 9.25. The fourth-order valence-electron chi connectivity index (χ4n) is 3.37. The lowest BCUT2D eigenvalue weighted by molar-refractivity contribution is 0.185. The Morgan fingerprint density at radius 1 is 1.08 bits per heavy atom. The zero-order valence-corrected chi connectivity index (χ0v) is 13.5. The Bertz CT molecular complexity index is 809. The van der Waals surface area contributed by atoms with Crippen LogP contribution in [0.3, 0.4) is 0 Å². The first-order valence-electron chi connectivity index (χ1n) is 8.46. The number of pyridine rings is 1. The van der Waals surface area contributed by atoms with Crippen molar-refractivity contribution in [3.8, 4) is 11.3 Å². The van der Waals surface area contributed by atoms with Gasteiger partial charge in [-0.2, -0.15) is 0 Å². The SMILES string of the molecule is OC[C@H]1CC[C@H](Nc2ccc3ncc(-c4ccncc4)n3n2)CC1. The molecule has 0 amide bonds. The molecule has 1 saturated carbocycles. The van der Waals surface area contributed by atoms with E-state index in [-0.39, 0.29) is 0 Å². The highest BCUT2D eigenvalue weighted by molar-refractivity contribution is 5.63. The summed E-state index contributed by atoms with van der Waals surface area (Å²) in [6.07, 6.45) is 9.69. The molecule has 0 atom stereocenters. The van der Waals surface area contributed by atoms with Crippen LogP contribution in [0.5, 0.6) is 0 Å². The monoisotopic (exact) mass is 323 g/mol. The number of anilines is 1. The zero-order valence-electron chi connectivity index (χ0n) is 13.5. The van der Waals surface area contributed by atoms with Gasteiger partial charge in [0.2, 0.25) is 0 Å². The van der Waals surface area contributed by atoms with Crippen LogP contribution in [0.4, 0.5) is 5.82 Å². The first kappa shape index (κ1) is 15.1. The van der Waals surface area contributed by atoms with Crippen LogP contribution in [0.2, 0.25) is 0 Å². The van der Waals surface area contributed by atoms with E-state index in [0.29, 0.717) is 18.6 Å². The van der Waals surface area contributed by atoms with Gasteiger partial charge in [0, 0.05) is 30.6 Å². The zero-order chi connectivity index (χ0) is 16.4. The summed E-state index contributed by atoms with van der Waals surface area (Å²) < 4.78 is 1.87. The second-order valence-electron chi connectivity index (χ2n) is 6.41. The summed E-state index contributed by atoms with van der Waals surface area (Å²) in [5.74, 6) is 1.33. The average Bonchev–Trinajstić information content (AvgIpc) is 3.06. The first-order valence-corrected chi connectivity index (χ1v) is 8.46. The van der Waals surface area contributed by atoms with Gasteiger partial charge in [0.1, 0.15) is 5.82 Å².